The van der Waals surface area contributed by atoms with E-state index >= 15 is 0 Å². The molecule has 76 valence electrons. The molecule has 0 aliphatic carbocycles. The average Bonchev–Trinajstić information content (AvgIpc) is 2.19. The molecule has 0 saturated carbocycles. The summed E-state index contributed by atoms with van der Waals surface area (Å²) in [7, 11) is 0. The first-order valence-electron chi connectivity index (χ1n) is 4.59. The van der Waals surface area contributed by atoms with Crippen LogP contribution in [0.2, 0.25) is 0 Å². The van der Waals surface area contributed by atoms with E-state index in [4.69, 9.17) is 15.0 Å². The van der Waals surface area contributed by atoms with Gasteiger partial charge in [-0.3, -0.25) is 0 Å². The SMILES string of the molecule is CCOc1ccc(N=N)c(OCC)c1. The van der Waals surface area contributed by atoms with Crippen molar-refractivity contribution in [2.45, 2.75) is 13.8 Å². The number of ether oxygens (including phenoxy) is 2. The van der Waals surface area contributed by atoms with Crippen molar-refractivity contribution >= 4 is 5.69 Å². The lowest BCUT2D eigenvalue weighted by Crippen LogP contribution is -1.94. The van der Waals surface area contributed by atoms with Crippen LogP contribution in [0.4, 0.5) is 5.69 Å². The molecule has 0 saturated heterocycles. The number of rotatable bonds is 5. The van der Waals surface area contributed by atoms with Crippen molar-refractivity contribution in [2.24, 2.45) is 5.11 Å². The smallest absolute Gasteiger partial charge is 0.150 e. The number of hydrogen-bond donors (Lipinski definition) is 1. The van der Waals surface area contributed by atoms with E-state index in [1.165, 1.54) is 0 Å². The van der Waals surface area contributed by atoms with Crippen LogP contribution in [0, 0.1) is 5.53 Å². The fraction of sp³-hybridized carbons (Fsp3) is 0.400. The second kappa shape index (κ2) is 5.21. The summed E-state index contributed by atoms with van der Waals surface area (Å²) in [6, 6.07) is 5.24. The summed E-state index contributed by atoms with van der Waals surface area (Å²) in [4.78, 5) is 0. The molecule has 0 spiro atoms. The third-order valence-corrected chi connectivity index (χ3v) is 1.66. The first kappa shape index (κ1) is 10.5. The van der Waals surface area contributed by atoms with Crippen LogP contribution in [-0.4, -0.2) is 13.2 Å². The Kier molecular flexibility index (Phi) is 3.91. The Morgan fingerprint density at radius 2 is 1.93 bits per heavy atom. The predicted octanol–water partition coefficient (Wildman–Crippen LogP) is 3.15. The normalized spacial score (nSPS) is 9.57. The Labute approximate surface area is 83.4 Å². The van der Waals surface area contributed by atoms with Gasteiger partial charge in [-0.2, -0.15) is 5.11 Å². The topological polar surface area (TPSA) is 54.7 Å². The van der Waals surface area contributed by atoms with Gasteiger partial charge in [0.1, 0.15) is 17.2 Å². The van der Waals surface area contributed by atoms with E-state index in [0.29, 0.717) is 24.7 Å². The highest BCUT2D eigenvalue weighted by atomic mass is 16.5. The zero-order chi connectivity index (χ0) is 10.4. The van der Waals surface area contributed by atoms with Gasteiger partial charge in [0.15, 0.2) is 0 Å². The van der Waals surface area contributed by atoms with Gasteiger partial charge in [0.05, 0.1) is 13.2 Å². The van der Waals surface area contributed by atoms with Gasteiger partial charge < -0.3 is 9.47 Å². The molecule has 0 aromatic heterocycles. The monoisotopic (exact) mass is 194 g/mol. The molecule has 4 heteroatoms. The number of benzene rings is 1. The number of hydrogen-bond acceptors (Lipinski definition) is 4. The van der Waals surface area contributed by atoms with E-state index in [9.17, 15) is 0 Å². The van der Waals surface area contributed by atoms with E-state index in [-0.39, 0.29) is 0 Å². The lowest BCUT2D eigenvalue weighted by atomic mass is 10.3. The molecule has 1 rings (SSSR count). The van der Waals surface area contributed by atoms with Crippen LogP contribution >= 0.6 is 0 Å². The summed E-state index contributed by atoms with van der Waals surface area (Å²) >= 11 is 0. The Morgan fingerprint density at radius 1 is 1.21 bits per heavy atom. The molecule has 1 aromatic rings. The zero-order valence-electron chi connectivity index (χ0n) is 8.41. The van der Waals surface area contributed by atoms with Crippen molar-refractivity contribution in [3.05, 3.63) is 18.2 Å². The minimum Gasteiger partial charge on any atom is -0.494 e. The van der Waals surface area contributed by atoms with Gasteiger partial charge in [0.25, 0.3) is 0 Å². The second-order valence-electron chi connectivity index (χ2n) is 2.61. The van der Waals surface area contributed by atoms with Gasteiger partial charge in [-0.15, -0.1) is 0 Å². The molecule has 0 radical (unpaired) electrons. The van der Waals surface area contributed by atoms with Crippen LogP contribution in [0.25, 0.3) is 0 Å². The lowest BCUT2D eigenvalue weighted by Gasteiger charge is -2.08. The summed E-state index contributed by atoms with van der Waals surface area (Å²) in [5.74, 6) is 1.33. The molecule has 0 amide bonds. The minimum atomic E-state index is 0.523. The largest absolute Gasteiger partial charge is 0.494 e. The van der Waals surface area contributed by atoms with E-state index in [2.05, 4.69) is 5.11 Å². The number of nitrogens with zero attached hydrogens (tertiary/aromatic N) is 1. The zero-order valence-corrected chi connectivity index (χ0v) is 8.41. The van der Waals surface area contributed by atoms with Gasteiger partial charge >= 0.3 is 0 Å². The van der Waals surface area contributed by atoms with E-state index < -0.39 is 0 Å². The predicted molar refractivity (Wildman–Crippen MR) is 53.6 cm³/mol. The highest BCUT2D eigenvalue weighted by Gasteiger charge is 2.04. The first-order chi connectivity index (χ1) is 6.81. The van der Waals surface area contributed by atoms with Crippen molar-refractivity contribution in [1.82, 2.24) is 0 Å². The van der Waals surface area contributed by atoms with E-state index in [1.807, 2.05) is 13.8 Å². The van der Waals surface area contributed by atoms with Crippen LogP contribution in [0.3, 0.4) is 0 Å². The fourth-order valence-electron chi connectivity index (χ4n) is 1.11. The van der Waals surface area contributed by atoms with Crippen LogP contribution in [-0.2, 0) is 0 Å². The Morgan fingerprint density at radius 3 is 2.50 bits per heavy atom. The third-order valence-electron chi connectivity index (χ3n) is 1.66. The van der Waals surface area contributed by atoms with Gasteiger partial charge in [-0.1, -0.05) is 0 Å². The second-order valence-corrected chi connectivity index (χ2v) is 2.61. The summed E-state index contributed by atoms with van der Waals surface area (Å²) in [5, 5.41) is 3.36. The molecule has 0 aliphatic heterocycles. The van der Waals surface area contributed by atoms with Crippen molar-refractivity contribution in [3.8, 4) is 11.5 Å². The molecule has 1 aromatic carbocycles. The van der Waals surface area contributed by atoms with Crippen LogP contribution < -0.4 is 9.47 Å². The van der Waals surface area contributed by atoms with Gasteiger partial charge in [0, 0.05) is 6.07 Å². The average molecular weight is 194 g/mol. The summed E-state index contributed by atoms with van der Waals surface area (Å²) < 4.78 is 10.6. The van der Waals surface area contributed by atoms with Gasteiger partial charge in [-0.25, -0.2) is 5.53 Å². The van der Waals surface area contributed by atoms with Crippen molar-refractivity contribution in [1.29, 1.82) is 5.53 Å². The maximum Gasteiger partial charge on any atom is 0.150 e. The van der Waals surface area contributed by atoms with Crippen molar-refractivity contribution in [2.75, 3.05) is 13.2 Å². The van der Waals surface area contributed by atoms with Gasteiger partial charge in [0.2, 0.25) is 0 Å². The molecule has 0 fully saturated rings. The van der Waals surface area contributed by atoms with Crippen LogP contribution in [0.1, 0.15) is 13.8 Å². The summed E-state index contributed by atoms with van der Waals surface area (Å²) in [6.07, 6.45) is 0. The fourth-order valence-corrected chi connectivity index (χ4v) is 1.11. The molecule has 14 heavy (non-hydrogen) atoms. The van der Waals surface area contributed by atoms with E-state index in [0.717, 1.165) is 5.75 Å². The maximum atomic E-state index is 6.94. The number of nitrogens with one attached hydrogen (secondary N) is 1. The highest BCUT2D eigenvalue weighted by Crippen LogP contribution is 2.31. The molecule has 0 aliphatic rings. The standard InChI is InChI=1S/C10H14N2O2/c1-3-13-8-5-6-9(12-11)10(7-8)14-4-2/h5-7,11H,3-4H2,1-2H3. The molecule has 0 heterocycles. The molecular formula is C10H14N2O2. The van der Waals surface area contributed by atoms with Gasteiger partial charge in [-0.05, 0) is 26.0 Å². The van der Waals surface area contributed by atoms with Crippen LogP contribution in [0.15, 0.2) is 23.3 Å². The minimum absolute atomic E-state index is 0.523. The molecule has 1 N–H and O–H groups in total. The van der Waals surface area contributed by atoms with E-state index in [1.54, 1.807) is 18.2 Å². The summed E-state index contributed by atoms with van der Waals surface area (Å²) in [6.45, 7) is 4.98. The quantitative estimate of drug-likeness (QED) is 0.732. The Bertz CT molecular complexity index is 313. The van der Waals surface area contributed by atoms with Crippen LogP contribution in [0.5, 0.6) is 11.5 Å². The third kappa shape index (κ3) is 2.45. The lowest BCUT2D eigenvalue weighted by molar-refractivity contribution is 0.323. The molecule has 0 atom stereocenters. The Hall–Kier alpha value is -1.58. The Balaban J connectivity index is 2.94. The molecule has 4 nitrogen and oxygen atoms in total. The highest BCUT2D eigenvalue weighted by molar-refractivity contribution is 5.54. The van der Waals surface area contributed by atoms with Crippen molar-refractivity contribution in [3.63, 3.8) is 0 Å². The summed E-state index contributed by atoms with van der Waals surface area (Å²) in [5.41, 5.74) is 7.46. The molecule has 0 bridgehead atoms. The van der Waals surface area contributed by atoms with Crippen molar-refractivity contribution < 1.29 is 9.47 Å². The molecular weight excluding hydrogens is 180 g/mol. The maximum absolute atomic E-state index is 6.94. The molecule has 0 unspecified atom stereocenters. The first-order valence-corrected chi connectivity index (χ1v) is 4.59.